The number of sulfonamides is 1. The van der Waals surface area contributed by atoms with E-state index in [9.17, 15) is 13.2 Å². The van der Waals surface area contributed by atoms with Crippen LogP contribution >= 0.6 is 12.4 Å². The first-order chi connectivity index (χ1) is 13.3. The number of nitrogens with one attached hydrogen (secondary N) is 2. The third-order valence-corrected chi connectivity index (χ3v) is 4.73. The zero-order valence-electron chi connectivity index (χ0n) is 16.8. The predicted octanol–water partition coefficient (Wildman–Crippen LogP) is 2.39. The number of halogens is 1. The third kappa shape index (κ3) is 9.17. The second-order valence-electron chi connectivity index (χ2n) is 6.58. The van der Waals surface area contributed by atoms with E-state index < -0.39 is 10.0 Å². The Kier molecular flexibility index (Phi) is 9.94. The maximum Gasteiger partial charge on any atom is 0.251 e. The van der Waals surface area contributed by atoms with Gasteiger partial charge in [-0.2, -0.15) is 0 Å². The standard InChI is InChI=1S/C20H27N3O4S.ClH/c1-21-20(24)17-6-10-19(11-7-17)27-15-14-23(2)13-12-16-4-8-18(9-5-16)22-28(3,25)26;/h4-11,22H,12-15H2,1-3H3,(H,21,24);1H. The number of benzene rings is 2. The van der Waals surface area contributed by atoms with Gasteiger partial charge >= 0.3 is 0 Å². The molecule has 0 unspecified atom stereocenters. The molecule has 160 valence electrons. The molecule has 9 heteroatoms. The lowest BCUT2D eigenvalue weighted by Crippen LogP contribution is -2.26. The van der Waals surface area contributed by atoms with E-state index in [0.29, 0.717) is 17.9 Å². The van der Waals surface area contributed by atoms with Crippen LogP contribution in [0.15, 0.2) is 48.5 Å². The number of nitrogens with zero attached hydrogens (tertiary/aromatic N) is 1. The predicted molar refractivity (Wildman–Crippen MR) is 119 cm³/mol. The maximum absolute atomic E-state index is 11.5. The van der Waals surface area contributed by atoms with Gasteiger partial charge in [0.1, 0.15) is 12.4 Å². The van der Waals surface area contributed by atoms with Crippen molar-refractivity contribution in [3.8, 4) is 5.75 Å². The largest absolute Gasteiger partial charge is 0.492 e. The van der Waals surface area contributed by atoms with E-state index in [1.54, 1.807) is 43.4 Å². The van der Waals surface area contributed by atoms with Crippen molar-refractivity contribution in [2.24, 2.45) is 0 Å². The quantitative estimate of drug-likeness (QED) is 0.591. The summed E-state index contributed by atoms with van der Waals surface area (Å²) in [5.41, 5.74) is 2.30. The van der Waals surface area contributed by atoms with Gasteiger partial charge in [0.05, 0.1) is 6.26 Å². The third-order valence-electron chi connectivity index (χ3n) is 4.12. The van der Waals surface area contributed by atoms with Crippen LogP contribution in [0.5, 0.6) is 5.75 Å². The Morgan fingerprint density at radius 1 is 1.03 bits per heavy atom. The fourth-order valence-electron chi connectivity index (χ4n) is 2.55. The van der Waals surface area contributed by atoms with Gasteiger partial charge in [-0.15, -0.1) is 12.4 Å². The summed E-state index contributed by atoms with van der Waals surface area (Å²) >= 11 is 0. The second kappa shape index (κ2) is 11.6. The van der Waals surface area contributed by atoms with Crippen molar-refractivity contribution in [1.29, 1.82) is 0 Å². The van der Waals surface area contributed by atoms with E-state index in [1.165, 1.54) is 0 Å². The van der Waals surface area contributed by atoms with Crippen LogP contribution in [0.3, 0.4) is 0 Å². The summed E-state index contributed by atoms with van der Waals surface area (Å²) < 4.78 is 30.6. The Morgan fingerprint density at radius 3 is 2.21 bits per heavy atom. The number of hydrogen-bond donors (Lipinski definition) is 2. The van der Waals surface area contributed by atoms with Crippen molar-refractivity contribution in [3.63, 3.8) is 0 Å². The number of rotatable bonds is 10. The number of carbonyl (C=O) groups excluding carboxylic acids is 1. The number of amides is 1. The fourth-order valence-corrected chi connectivity index (χ4v) is 3.12. The molecule has 0 atom stereocenters. The van der Waals surface area contributed by atoms with E-state index in [1.807, 2.05) is 19.2 Å². The molecule has 0 heterocycles. The van der Waals surface area contributed by atoms with E-state index in [2.05, 4.69) is 14.9 Å². The SMILES string of the molecule is CNC(=O)c1ccc(OCCN(C)CCc2ccc(NS(C)(=O)=O)cc2)cc1.Cl. The van der Waals surface area contributed by atoms with Crippen molar-refractivity contribution in [3.05, 3.63) is 59.7 Å². The molecule has 0 spiro atoms. The van der Waals surface area contributed by atoms with Gasteiger partial charge in [0.15, 0.2) is 0 Å². The van der Waals surface area contributed by atoms with E-state index in [0.717, 1.165) is 37.1 Å². The van der Waals surface area contributed by atoms with Gasteiger partial charge in [-0.3, -0.25) is 9.52 Å². The van der Waals surface area contributed by atoms with Gasteiger partial charge in [-0.1, -0.05) is 12.1 Å². The average Bonchev–Trinajstić information content (AvgIpc) is 2.66. The number of hydrogen-bond acceptors (Lipinski definition) is 5. The molecule has 0 fully saturated rings. The molecule has 29 heavy (non-hydrogen) atoms. The lowest BCUT2D eigenvalue weighted by molar-refractivity contribution is 0.0963. The van der Waals surface area contributed by atoms with Gasteiger partial charge in [-0.05, 0) is 55.4 Å². The van der Waals surface area contributed by atoms with Crippen molar-refractivity contribution >= 4 is 34.0 Å². The molecule has 2 aromatic rings. The minimum atomic E-state index is -3.25. The summed E-state index contributed by atoms with van der Waals surface area (Å²) in [7, 11) is 0.377. The Morgan fingerprint density at radius 2 is 1.66 bits per heavy atom. The lowest BCUT2D eigenvalue weighted by atomic mass is 10.1. The van der Waals surface area contributed by atoms with E-state index in [-0.39, 0.29) is 18.3 Å². The van der Waals surface area contributed by atoms with Crippen molar-refractivity contribution in [2.45, 2.75) is 6.42 Å². The normalized spacial score (nSPS) is 10.9. The minimum absolute atomic E-state index is 0. The lowest BCUT2D eigenvalue weighted by Gasteiger charge is -2.17. The zero-order valence-corrected chi connectivity index (χ0v) is 18.5. The molecule has 0 radical (unpaired) electrons. The number of likely N-dealkylation sites (N-methyl/N-ethyl adjacent to an activating group) is 1. The highest BCUT2D eigenvalue weighted by Gasteiger charge is 2.05. The second-order valence-corrected chi connectivity index (χ2v) is 8.32. The summed E-state index contributed by atoms with van der Waals surface area (Å²) in [5.74, 6) is 0.612. The van der Waals surface area contributed by atoms with Gasteiger partial charge in [0.25, 0.3) is 5.91 Å². The molecular formula is C20H28ClN3O4S. The fraction of sp³-hybridized carbons (Fsp3) is 0.350. The van der Waals surface area contributed by atoms with Crippen molar-refractivity contribution in [2.75, 3.05) is 44.8 Å². The topological polar surface area (TPSA) is 87.7 Å². The highest BCUT2D eigenvalue weighted by Crippen LogP contribution is 2.13. The molecular weight excluding hydrogens is 414 g/mol. The Balaban J connectivity index is 0.00000420. The van der Waals surface area contributed by atoms with Crippen LogP contribution in [0.2, 0.25) is 0 Å². The molecule has 2 rings (SSSR count). The van der Waals surface area contributed by atoms with Gasteiger partial charge in [-0.25, -0.2) is 8.42 Å². The molecule has 2 N–H and O–H groups in total. The molecule has 0 saturated carbocycles. The first-order valence-electron chi connectivity index (χ1n) is 8.97. The van der Waals surface area contributed by atoms with Crippen LogP contribution in [0.4, 0.5) is 5.69 Å². The summed E-state index contributed by atoms with van der Waals surface area (Å²) in [6.07, 6.45) is 1.99. The maximum atomic E-state index is 11.5. The van der Waals surface area contributed by atoms with Gasteiger partial charge in [0, 0.05) is 31.4 Å². The van der Waals surface area contributed by atoms with Crippen LogP contribution in [0, 0.1) is 0 Å². The Labute approximate surface area is 178 Å². The smallest absolute Gasteiger partial charge is 0.251 e. The molecule has 0 aromatic heterocycles. The first kappa shape index (κ1) is 24.7. The number of ether oxygens (including phenoxy) is 1. The van der Waals surface area contributed by atoms with Crippen LogP contribution in [-0.4, -0.2) is 59.3 Å². The number of carbonyl (C=O) groups is 1. The highest BCUT2D eigenvalue weighted by atomic mass is 35.5. The molecule has 0 saturated heterocycles. The van der Waals surface area contributed by atoms with Gasteiger partial charge < -0.3 is 15.0 Å². The molecule has 7 nitrogen and oxygen atoms in total. The van der Waals surface area contributed by atoms with E-state index in [4.69, 9.17) is 4.74 Å². The molecule has 0 aliphatic carbocycles. The van der Waals surface area contributed by atoms with E-state index >= 15 is 0 Å². The van der Waals surface area contributed by atoms with Gasteiger partial charge in [0.2, 0.25) is 10.0 Å². The molecule has 1 amide bonds. The van der Waals surface area contributed by atoms with Crippen molar-refractivity contribution < 1.29 is 17.9 Å². The summed E-state index contributed by atoms with van der Waals surface area (Å²) in [6, 6.07) is 14.4. The summed E-state index contributed by atoms with van der Waals surface area (Å²) in [6.45, 7) is 2.18. The van der Waals surface area contributed by atoms with Crippen LogP contribution < -0.4 is 14.8 Å². The molecule has 0 aliphatic rings. The summed E-state index contributed by atoms with van der Waals surface area (Å²) in [4.78, 5) is 13.7. The first-order valence-corrected chi connectivity index (χ1v) is 10.9. The Bertz CT molecular complexity index is 872. The monoisotopic (exact) mass is 441 g/mol. The van der Waals surface area contributed by atoms with Crippen molar-refractivity contribution in [1.82, 2.24) is 10.2 Å². The molecule has 0 aliphatic heterocycles. The number of anilines is 1. The van der Waals surface area contributed by atoms with Crippen LogP contribution in [0.1, 0.15) is 15.9 Å². The Hall–Kier alpha value is -2.29. The minimum Gasteiger partial charge on any atom is -0.492 e. The average molecular weight is 442 g/mol. The molecule has 2 aromatic carbocycles. The molecule has 0 bridgehead atoms. The highest BCUT2D eigenvalue weighted by molar-refractivity contribution is 7.92. The summed E-state index contributed by atoms with van der Waals surface area (Å²) in [5, 5.41) is 2.58. The van der Waals surface area contributed by atoms with Crippen LogP contribution in [-0.2, 0) is 16.4 Å². The zero-order chi connectivity index (χ0) is 20.6. The van der Waals surface area contributed by atoms with Crippen LogP contribution in [0.25, 0.3) is 0 Å².